The van der Waals surface area contributed by atoms with E-state index in [0.717, 1.165) is 5.56 Å². The lowest BCUT2D eigenvalue weighted by atomic mass is 10.2. The Morgan fingerprint density at radius 2 is 2.31 bits per heavy atom. The summed E-state index contributed by atoms with van der Waals surface area (Å²) in [6.45, 7) is 3.16. The van der Waals surface area contributed by atoms with Gasteiger partial charge in [-0.1, -0.05) is 0 Å². The van der Waals surface area contributed by atoms with Crippen LogP contribution < -0.4 is 5.32 Å². The molecule has 1 atom stereocenters. The third-order valence-electron chi connectivity index (χ3n) is 2.18. The van der Waals surface area contributed by atoms with E-state index in [1.54, 1.807) is 13.2 Å². The molecule has 0 spiro atoms. The smallest absolute Gasteiger partial charge is 0.374 e. The molecule has 90 valence electrons. The number of carbonyl (C=O) groups excluding carboxylic acids is 1. The molecule has 0 radical (unpaired) electrons. The standard InChI is InChI=1S/C11H17NO4/c1-8(7-14-2)12-6-9-4-5-16-10(9)11(13)15-3/h4-5,8,12H,6-7H2,1-3H3. The summed E-state index contributed by atoms with van der Waals surface area (Å²) in [5.74, 6) is -0.208. The molecule has 0 amide bonds. The van der Waals surface area contributed by atoms with Gasteiger partial charge in [0.1, 0.15) is 0 Å². The predicted molar refractivity (Wildman–Crippen MR) is 58.2 cm³/mol. The van der Waals surface area contributed by atoms with Gasteiger partial charge in [-0.25, -0.2) is 4.79 Å². The highest BCUT2D eigenvalue weighted by Crippen LogP contribution is 2.11. The molecule has 0 aromatic carbocycles. The van der Waals surface area contributed by atoms with Crippen LogP contribution in [0.4, 0.5) is 0 Å². The van der Waals surface area contributed by atoms with Crippen LogP contribution in [0.5, 0.6) is 0 Å². The van der Waals surface area contributed by atoms with Gasteiger partial charge >= 0.3 is 5.97 Å². The fourth-order valence-corrected chi connectivity index (χ4v) is 1.34. The van der Waals surface area contributed by atoms with Crippen molar-refractivity contribution < 1.29 is 18.7 Å². The largest absolute Gasteiger partial charge is 0.463 e. The lowest BCUT2D eigenvalue weighted by molar-refractivity contribution is 0.0563. The first-order valence-electron chi connectivity index (χ1n) is 5.06. The van der Waals surface area contributed by atoms with Crippen molar-refractivity contribution in [3.63, 3.8) is 0 Å². The van der Waals surface area contributed by atoms with E-state index >= 15 is 0 Å². The molecule has 5 nitrogen and oxygen atoms in total. The highest BCUT2D eigenvalue weighted by Gasteiger charge is 2.15. The summed E-state index contributed by atoms with van der Waals surface area (Å²) in [5, 5.41) is 3.21. The number of ether oxygens (including phenoxy) is 2. The lowest BCUT2D eigenvalue weighted by Crippen LogP contribution is -2.29. The van der Waals surface area contributed by atoms with Gasteiger partial charge in [-0.05, 0) is 13.0 Å². The van der Waals surface area contributed by atoms with E-state index in [4.69, 9.17) is 9.15 Å². The topological polar surface area (TPSA) is 60.7 Å². The molecule has 1 aromatic heterocycles. The van der Waals surface area contributed by atoms with Gasteiger partial charge in [0, 0.05) is 25.3 Å². The van der Waals surface area contributed by atoms with Crippen LogP contribution in [0.25, 0.3) is 0 Å². The fraction of sp³-hybridized carbons (Fsp3) is 0.545. The summed E-state index contributed by atoms with van der Waals surface area (Å²) >= 11 is 0. The van der Waals surface area contributed by atoms with E-state index in [0.29, 0.717) is 13.2 Å². The molecular formula is C11H17NO4. The first-order valence-corrected chi connectivity index (χ1v) is 5.06. The molecule has 1 unspecified atom stereocenters. The van der Waals surface area contributed by atoms with Crippen molar-refractivity contribution in [3.8, 4) is 0 Å². The summed E-state index contributed by atoms with van der Waals surface area (Å²) in [4.78, 5) is 11.3. The molecule has 0 fully saturated rings. The molecule has 1 heterocycles. The predicted octanol–water partition coefficient (Wildman–Crippen LogP) is 1.19. The second-order valence-electron chi connectivity index (χ2n) is 3.50. The Hall–Kier alpha value is -1.33. The van der Waals surface area contributed by atoms with Crippen molar-refractivity contribution in [1.82, 2.24) is 5.32 Å². The zero-order valence-electron chi connectivity index (χ0n) is 9.78. The van der Waals surface area contributed by atoms with Crippen molar-refractivity contribution in [2.75, 3.05) is 20.8 Å². The van der Waals surface area contributed by atoms with Crippen molar-refractivity contribution in [3.05, 3.63) is 23.7 Å². The van der Waals surface area contributed by atoms with Gasteiger partial charge in [-0.2, -0.15) is 0 Å². The van der Waals surface area contributed by atoms with Gasteiger partial charge in [-0.15, -0.1) is 0 Å². The molecule has 16 heavy (non-hydrogen) atoms. The molecule has 5 heteroatoms. The maximum atomic E-state index is 11.3. The molecule has 1 N–H and O–H groups in total. The van der Waals surface area contributed by atoms with E-state index in [1.807, 2.05) is 6.92 Å². The Balaban J connectivity index is 2.54. The van der Waals surface area contributed by atoms with Crippen LogP contribution in [0.3, 0.4) is 0 Å². The summed E-state index contributed by atoms with van der Waals surface area (Å²) < 4.78 is 14.7. The summed E-state index contributed by atoms with van der Waals surface area (Å²) in [6, 6.07) is 1.96. The molecule has 0 bridgehead atoms. The van der Waals surface area contributed by atoms with Gasteiger partial charge in [0.05, 0.1) is 20.0 Å². The molecule has 1 rings (SSSR count). The number of methoxy groups -OCH3 is 2. The van der Waals surface area contributed by atoms with Crippen molar-refractivity contribution >= 4 is 5.97 Å². The summed E-state index contributed by atoms with van der Waals surface area (Å²) in [5.41, 5.74) is 0.787. The molecular weight excluding hydrogens is 210 g/mol. The first kappa shape index (κ1) is 12.7. The van der Waals surface area contributed by atoms with Gasteiger partial charge in [0.25, 0.3) is 0 Å². The number of nitrogens with one attached hydrogen (secondary N) is 1. The minimum absolute atomic E-state index is 0.213. The SMILES string of the molecule is COCC(C)NCc1ccoc1C(=O)OC. The van der Waals surface area contributed by atoms with Crippen molar-refractivity contribution in [1.29, 1.82) is 0 Å². The monoisotopic (exact) mass is 227 g/mol. The number of hydrogen-bond donors (Lipinski definition) is 1. The van der Waals surface area contributed by atoms with Gasteiger partial charge in [0.15, 0.2) is 0 Å². The first-order chi connectivity index (χ1) is 7.69. The quantitative estimate of drug-likeness (QED) is 0.740. The highest BCUT2D eigenvalue weighted by molar-refractivity contribution is 5.87. The number of hydrogen-bond acceptors (Lipinski definition) is 5. The highest BCUT2D eigenvalue weighted by atomic mass is 16.5. The molecule has 0 aliphatic rings. The third kappa shape index (κ3) is 3.36. The summed E-state index contributed by atoms with van der Waals surface area (Å²) in [6.07, 6.45) is 1.48. The zero-order chi connectivity index (χ0) is 12.0. The molecule has 0 aliphatic heterocycles. The number of esters is 1. The Morgan fingerprint density at radius 3 is 2.94 bits per heavy atom. The maximum Gasteiger partial charge on any atom is 0.374 e. The van der Waals surface area contributed by atoms with E-state index in [2.05, 4.69) is 10.1 Å². The number of carbonyl (C=O) groups is 1. The minimum Gasteiger partial charge on any atom is -0.463 e. The van der Waals surface area contributed by atoms with Gasteiger partial charge in [0.2, 0.25) is 5.76 Å². The molecule has 0 saturated carbocycles. The van der Waals surface area contributed by atoms with Crippen molar-refractivity contribution in [2.24, 2.45) is 0 Å². The average molecular weight is 227 g/mol. The minimum atomic E-state index is -0.457. The van der Waals surface area contributed by atoms with Crippen LogP contribution >= 0.6 is 0 Å². The van der Waals surface area contributed by atoms with Crippen LogP contribution in [0.2, 0.25) is 0 Å². The average Bonchev–Trinajstić information content (AvgIpc) is 2.74. The van der Waals surface area contributed by atoms with Gasteiger partial charge in [-0.3, -0.25) is 0 Å². The van der Waals surface area contributed by atoms with E-state index in [-0.39, 0.29) is 11.8 Å². The molecule has 1 aromatic rings. The third-order valence-corrected chi connectivity index (χ3v) is 2.18. The Kier molecular flexibility index (Phi) is 5.01. The van der Waals surface area contributed by atoms with Crippen molar-refractivity contribution in [2.45, 2.75) is 19.5 Å². The second kappa shape index (κ2) is 6.30. The zero-order valence-corrected chi connectivity index (χ0v) is 9.78. The van der Waals surface area contributed by atoms with Crippen LogP contribution in [0.1, 0.15) is 23.0 Å². The van der Waals surface area contributed by atoms with Crippen LogP contribution in [0, 0.1) is 0 Å². The summed E-state index contributed by atoms with van der Waals surface area (Å²) in [7, 11) is 2.98. The van der Waals surface area contributed by atoms with E-state index in [1.165, 1.54) is 13.4 Å². The van der Waals surface area contributed by atoms with Crippen LogP contribution in [0.15, 0.2) is 16.7 Å². The Morgan fingerprint density at radius 1 is 1.56 bits per heavy atom. The Bertz CT molecular complexity index is 334. The Labute approximate surface area is 94.7 Å². The molecule has 0 aliphatic carbocycles. The molecule has 0 saturated heterocycles. The number of rotatable bonds is 6. The second-order valence-corrected chi connectivity index (χ2v) is 3.50. The van der Waals surface area contributed by atoms with Crippen LogP contribution in [-0.4, -0.2) is 32.8 Å². The maximum absolute atomic E-state index is 11.3. The number of furan rings is 1. The van der Waals surface area contributed by atoms with E-state index < -0.39 is 5.97 Å². The fourth-order valence-electron chi connectivity index (χ4n) is 1.34. The van der Waals surface area contributed by atoms with E-state index in [9.17, 15) is 4.79 Å². The lowest BCUT2D eigenvalue weighted by Gasteiger charge is -2.11. The normalized spacial score (nSPS) is 12.4. The van der Waals surface area contributed by atoms with Crippen LogP contribution in [-0.2, 0) is 16.0 Å². The van der Waals surface area contributed by atoms with Gasteiger partial charge < -0.3 is 19.2 Å².